The van der Waals surface area contributed by atoms with Crippen LogP contribution in [-0.4, -0.2) is 60.3 Å². The zero-order valence-electron chi connectivity index (χ0n) is 16.0. The van der Waals surface area contributed by atoms with E-state index in [4.69, 9.17) is 11.6 Å². The predicted molar refractivity (Wildman–Crippen MR) is 110 cm³/mol. The van der Waals surface area contributed by atoms with Gasteiger partial charge in [0.15, 0.2) is 5.13 Å². The lowest BCUT2D eigenvalue weighted by Crippen LogP contribution is -3.12. The smallest absolute Gasteiger partial charge is 0.249 e. The summed E-state index contributed by atoms with van der Waals surface area (Å²) in [7, 11) is 0. The SMILES string of the molecule is CC[NH+](CC)CCN(C(=O)CN1C(=O)CCC1=O)c1nc2ccc(Cl)cc2s1. The molecule has 1 aromatic carbocycles. The number of imide groups is 1. The second-order valence-corrected chi connectivity index (χ2v) is 8.18. The lowest BCUT2D eigenvalue weighted by Gasteiger charge is -2.24. The minimum atomic E-state index is -0.291. The van der Waals surface area contributed by atoms with Crippen LogP contribution in [0.3, 0.4) is 0 Å². The number of fused-ring (bicyclic) bond motifs is 1. The molecule has 2 aromatic rings. The fourth-order valence-electron chi connectivity index (χ4n) is 3.22. The van der Waals surface area contributed by atoms with Crippen LogP contribution in [0.2, 0.25) is 5.02 Å². The van der Waals surface area contributed by atoms with Crippen LogP contribution >= 0.6 is 22.9 Å². The van der Waals surface area contributed by atoms with Gasteiger partial charge in [0.25, 0.3) is 0 Å². The number of thiazole rings is 1. The molecule has 1 aliphatic heterocycles. The maximum absolute atomic E-state index is 13.0. The summed E-state index contributed by atoms with van der Waals surface area (Å²) < 4.78 is 0.892. The standard InChI is InChI=1S/C19H23ClN4O3S/c1-3-22(4-2)9-10-23(18(27)12-24-16(25)7-8-17(24)26)19-21-14-6-5-13(20)11-15(14)28-19/h5-6,11H,3-4,7-10,12H2,1-2H3/p+1. The molecule has 0 radical (unpaired) electrons. The molecule has 0 atom stereocenters. The van der Waals surface area contributed by atoms with Crippen LogP contribution in [0.1, 0.15) is 26.7 Å². The number of aromatic nitrogens is 1. The Morgan fingerprint density at radius 2 is 1.93 bits per heavy atom. The molecular weight excluding hydrogens is 400 g/mol. The number of carbonyl (C=O) groups is 3. The third-order valence-corrected chi connectivity index (χ3v) is 6.28. The summed E-state index contributed by atoms with van der Waals surface area (Å²) in [4.78, 5) is 45.5. The Kier molecular flexibility index (Phi) is 6.64. The molecule has 150 valence electrons. The number of nitrogens with zero attached hydrogens (tertiary/aromatic N) is 3. The minimum Gasteiger partial charge on any atom is -0.334 e. The second kappa shape index (κ2) is 8.98. The van der Waals surface area contributed by atoms with Gasteiger partial charge in [-0.15, -0.1) is 0 Å². The van der Waals surface area contributed by atoms with Crippen molar-refractivity contribution in [3.63, 3.8) is 0 Å². The molecule has 1 aromatic heterocycles. The van der Waals surface area contributed by atoms with Crippen molar-refractivity contribution in [1.29, 1.82) is 0 Å². The number of rotatable bonds is 8. The first-order chi connectivity index (χ1) is 13.4. The number of likely N-dealkylation sites (tertiary alicyclic amines) is 1. The molecular formula is C19H24ClN4O3S+. The summed E-state index contributed by atoms with van der Waals surface area (Å²) in [6.45, 7) is 7.12. The number of carbonyl (C=O) groups excluding carboxylic acids is 3. The van der Waals surface area contributed by atoms with Crippen molar-refractivity contribution in [2.75, 3.05) is 37.6 Å². The lowest BCUT2D eigenvalue weighted by molar-refractivity contribution is -0.894. The number of nitrogens with one attached hydrogen (secondary N) is 1. The summed E-state index contributed by atoms with van der Waals surface area (Å²) in [6.07, 6.45) is 0.352. The highest BCUT2D eigenvalue weighted by Gasteiger charge is 2.33. The van der Waals surface area contributed by atoms with Crippen molar-refractivity contribution in [2.45, 2.75) is 26.7 Å². The molecule has 0 unspecified atom stereocenters. The maximum atomic E-state index is 13.0. The second-order valence-electron chi connectivity index (χ2n) is 6.73. The van der Waals surface area contributed by atoms with Gasteiger partial charge in [-0.2, -0.15) is 0 Å². The van der Waals surface area contributed by atoms with E-state index in [0.717, 1.165) is 34.8 Å². The average Bonchev–Trinajstić information content (AvgIpc) is 3.22. The summed E-state index contributed by atoms with van der Waals surface area (Å²) in [5, 5.41) is 1.18. The van der Waals surface area contributed by atoms with Crippen LogP contribution in [0.5, 0.6) is 0 Å². The van der Waals surface area contributed by atoms with Gasteiger partial charge in [-0.05, 0) is 32.0 Å². The van der Waals surface area contributed by atoms with Crippen LogP contribution < -0.4 is 9.80 Å². The molecule has 0 saturated carbocycles. The summed E-state index contributed by atoms with van der Waals surface area (Å²) in [5.74, 6) is -0.868. The van der Waals surface area contributed by atoms with Gasteiger partial charge in [-0.1, -0.05) is 22.9 Å². The number of halogens is 1. The van der Waals surface area contributed by atoms with Gasteiger partial charge in [-0.25, -0.2) is 4.98 Å². The van der Waals surface area contributed by atoms with E-state index in [1.165, 1.54) is 16.2 Å². The molecule has 0 spiro atoms. The molecule has 3 amide bonds. The molecule has 28 heavy (non-hydrogen) atoms. The van der Waals surface area contributed by atoms with Crippen molar-refractivity contribution in [3.8, 4) is 0 Å². The first kappa shape index (κ1) is 20.7. The van der Waals surface area contributed by atoms with Gasteiger partial charge in [-0.3, -0.25) is 24.2 Å². The van der Waals surface area contributed by atoms with Crippen LogP contribution in [0.15, 0.2) is 18.2 Å². The van der Waals surface area contributed by atoms with Crippen LogP contribution in [0.4, 0.5) is 5.13 Å². The highest BCUT2D eigenvalue weighted by atomic mass is 35.5. The number of quaternary nitrogens is 1. The zero-order chi connectivity index (χ0) is 20.3. The summed E-state index contributed by atoms with van der Waals surface area (Å²) >= 11 is 7.46. The molecule has 0 aliphatic carbocycles. The number of likely N-dealkylation sites (N-methyl/N-ethyl adjacent to an activating group) is 1. The Hall–Kier alpha value is -2.03. The molecule has 0 bridgehead atoms. The number of benzene rings is 1. The van der Waals surface area contributed by atoms with Crippen molar-refractivity contribution >= 4 is 56.0 Å². The molecule has 9 heteroatoms. The normalized spacial score (nSPS) is 14.5. The fraction of sp³-hybridized carbons (Fsp3) is 0.474. The topological polar surface area (TPSA) is 75.0 Å². The van der Waals surface area contributed by atoms with Crippen molar-refractivity contribution in [3.05, 3.63) is 23.2 Å². The quantitative estimate of drug-likeness (QED) is 0.650. The lowest BCUT2D eigenvalue weighted by atomic mass is 10.3. The Morgan fingerprint density at radius 1 is 1.25 bits per heavy atom. The van der Waals surface area contributed by atoms with Gasteiger partial charge in [0.2, 0.25) is 17.7 Å². The molecule has 2 heterocycles. The van der Waals surface area contributed by atoms with Crippen LogP contribution in [-0.2, 0) is 14.4 Å². The highest BCUT2D eigenvalue weighted by Crippen LogP contribution is 2.31. The Balaban J connectivity index is 1.85. The van der Waals surface area contributed by atoms with Crippen LogP contribution in [0, 0.1) is 0 Å². The maximum Gasteiger partial charge on any atom is 0.249 e. The molecule has 1 aliphatic rings. The Bertz CT molecular complexity index is 880. The van der Waals surface area contributed by atoms with Gasteiger partial charge in [0.1, 0.15) is 6.54 Å². The number of hydrogen-bond donors (Lipinski definition) is 1. The van der Waals surface area contributed by atoms with E-state index in [1.54, 1.807) is 11.0 Å². The molecule has 1 fully saturated rings. The molecule has 7 nitrogen and oxygen atoms in total. The predicted octanol–water partition coefficient (Wildman–Crippen LogP) is 1.36. The van der Waals surface area contributed by atoms with E-state index in [1.807, 2.05) is 12.1 Å². The Morgan fingerprint density at radius 3 is 2.57 bits per heavy atom. The molecule has 1 N–H and O–H groups in total. The number of hydrogen-bond acceptors (Lipinski definition) is 5. The first-order valence-electron chi connectivity index (χ1n) is 9.46. The average molecular weight is 424 g/mol. The number of amides is 3. The Labute approximate surface area is 172 Å². The summed E-state index contributed by atoms with van der Waals surface area (Å²) in [5.41, 5.74) is 0.769. The molecule has 1 saturated heterocycles. The zero-order valence-corrected chi connectivity index (χ0v) is 17.6. The largest absolute Gasteiger partial charge is 0.334 e. The van der Waals surface area contributed by atoms with Gasteiger partial charge in [0, 0.05) is 17.9 Å². The third-order valence-electron chi connectivity index (χ3n) is 5.01. The molecule has 3 rings (SSSR count). The van der Waals surface area contributed by atoms with Crippen LogP contribution in [0.25, 0.3) is 10.2 Å². The third kappa shape index (κ3) is 4.51. The van der Waals surface area contributed by atoms with E-state index in [0.29, 0.717) is 16.7 Å². The summed E-state index contributed by atoms with van der Waals surface area (Å²) in [6, 6.07) is 5.41. The monoisotopic (exact) mass is 423 g/mol. The van der Waals surface area contributed by atoms with Gasteiger partial charge in [0.05, 0.1) is 36.4 Å². The van der Waals surface area contributed by atoms with E-state index in [9.17, 15) is 14.4 Å². The first-order valence-corrected chi connectivity index (χ1v) is 10.7. The van der Waals surface area contributed by atoms with Crippen molar-refractivity contribution in [2.24, 2.45) is 0 Å². The van der Waals surface area contributed by atoms with E-state index < -0.39 is 0 Å². The minimum absolute atomic E-state index is 0.176. The van der Waals surface area contributed by atoms with E-state index in [2.05, 4.69) is 18.8 Å². The highest BCUT2D eigenvalue weighted by molar-refractivity contribution is 7.22. The fourth-order valence-corrected chi connectivity index (χ4v) is 4.51. The van der Waals surface area contributed by atoms with E-state index in [-0.39, 0.29) is 37.1 Å². The van der Waals surface area contributed by atoms with Crippen molar-refractivity contribution in [1.82, 2.24) is 9.88 Å². The van der Waals surface area contributed by atoms with Gasteiger partial charge < -0.3 is 4.90 Å². The number of anilines is 1. The van der Waals surface area contributed by atoms with E-state index >= 15 is 0 Å². The van der Waals surface area contributed by atoms with Crippen molar-refractivity contribution < 1.29 is 19.3 Å². The van der Waals surface area contributed by atoms with Gasteiger partial charge >= 0.3 is 0 Å².